The molecule has 0 aliphatic heterocycles. The van der Waals surface area contributed by atoms with Crippen LogP contribution in [0.1, 0.15) is 18.3 Å². The van der Waals surface area contributed by atoms with Gasteiger partial charge in [-0.1, -0.05) is 18.2 Å². The van der Waals surface area contributed by atoms with Gasteiger partial charge in [-0.05, 0) is 13.0 Å². The summed E-state index contributed by atoms with van der Waals surface area (Å²) in [6.45, 7) is 3.34. The zero-order chi connectivity index (χ0) is 12.1. The van der Waals surface area contributed by atoms with E-state index in [0.29, 0.717) is 12.4 Å². The summed E-state index contributed by atoms with van der Waals surface area (Å²) in [4.78, 5) is 4.23. The largest absolute Gasteiger partial charge is 0.485 e. The van der Waals surface area contributed by atoms with Crippen LogP contribution in [-0.2, 0) is 19.8 Å². The van der Waals surface area contributed by atoms with Crippen LogP contribution in [0.3, 0.4) is 0 Å². The number of aliphatic hydroxyl groups excluding tert-OH is 1. The molecule has 1 N–H and O–H groups in total. The van der Waals surface area contributed by atoms with Crippen molar-refractivity contribution in [1.29, 1.82) is 0 Å². The number of para-hydroxylation sites is 1. The first kappa shape index (κ1) is 11.7. The fraction of sp³-hybridized carbons (Fsp3) is 0.308. The molecule has 0 saturated heterocycles. The minimum atomic E-state index is -0.0155. The maximum absolute atomic E-state index is 9.18. The van der Waals surface area contributed by atoms with Crippen molar-refractivity contribution in [3.63, 3.8) is 0 Å². The number of hydrogen-bond acceptors (Lipinski definition) is 3. The molecule has 0 atom stereocenters. The van der Waals surface area contributed by atoms with Crippen LogP contribution in [0.4, 0.5) is 0 Å². The quantitative estimate of drug-likeness (QED) is 0.857. The number of nitrogens with zero attached hydrogens (tertiary/aromatic N) is 2. The molecule has 2 aromatic rings. The van der Waals surface area contributed by atoms with Gasteiger partial charge in [0.1, 0.15) is 18.2 Å². The fourth-order valence-corrected chi connectivity index (χ4v) is 1.69. The molecule has 2 rings (SSSR count). The van der Waals surface area contributed by atoms with E-state index >= 15 is 0 Å². The van der Waals surface area contributed by atoms with Crippen LogP contribution in [-0.4, -0.2) is 14.7 Å². The minimum absolute atomic E-state index is 0.0155. The maximum atomic E-state index is 9.18. The Morgan fingerprint density at radius 3 is 2.94 bits per heavy atom. The summed E-state index contributed by atoms with van der Waals surface area (Å²) < 4.78 is 7.70. The van der Waals surface area contributed by atoms with E-state index < -0.39 is 0 Å². The van der Waals surface area contributed by atoms with Crippen molar-refractivity contribution in [3.05, 3.63) is 48.0 Å². The summed E-state index contributed by atoms with van der Waals surface area (Å²) in [6.07, 6.45) is 3.69. The summed E-state index contributed by atoms with van der Waals surface area (Å²) in [6, 6.07) is 7.47. The normalized spacial score (nSPS) is 10.5. The van der Waals surface area contributed by atoms with Crippen molar-refractivity contribution in [3.8, 4) is 5.75 Å². The van der Waals surface area contributed by atoms with Gasteiger partial charge in [-0.15, -0.1) is 0 Å². The Bertz CT molecular complexity index is 480. The van der Waals surface area contributed by atoms with Crippen molar-refractivity contribution in [2.24, 2.45) is 0 Å². The summed E-state index contributed by atoms with van der Waals surface area (Å²) in [7, 11) is 0. The van der Waals surface area contributed by atoms with E-state index in [1.54, 1.807) is 6.20 Å². The monoisotopic (exact) mass is 232 g/mol. The molecule has 0 aliphatic carbocycles. The molecule has 0 fully saturated rings. The van der Waals surface area contributed by atoms with E-state index in [2.05, 4.69) is 11.9 Å². The van der Waals surface area contributed by atoms with Crippen LogP contribution in [0.25, 0.3) is 0 Å². The lowest BCUT2D eigenvalue weighted by molar-refractivity contribution is 0.253. The lowest BCUT2D eigenvalue weighted by Crippen LogP contribution is -2.06. The molecule has 4 nitrogen and oxygen atoms in total. The topological polar surface area (TPSA) is 47.3 Å². The molecule has 0 saturated carbocycles. The number of ether oxygens (including phenoxy) is 1. The zero-order valence-corrected chi connectivity index (χ0v) is 9.84. The number of benzene rings is 1. The lowest BCUT2D eigenvalue weighted by atomic mass is 10.2. The standard InChI is InChI=1S/C13H16N2O2/c1-2-15-8-7-14-13(15)10-17-12-6-4-3-5-11(12)9-16/h3-8,16H,2,9-10H2,1H3. The average Bonchev–Trinajstić information content (AvgIpc) is 2.84. The van der Waals surface area contributed by atoms with Crippen LogP contribution in [0.15, 0.2) is 36.7 Å². The second kappa shape index (κ2) is 5.50. The average molecular weight is 232 g/mol. The third-order valence-electron chi connectivity index (χ3n) is 2.64. The summed E-state index contributed by atoms with van der Waals surface area (Å²) in [5.74, 6) is 1.60. The van der Waals surface area contributed by atoms with E-state index in [0.717, 1.165) is 17.9 Å². The molecule has 1 aromatic heterocycles. The van der Waals surface area contributed by atoms with Gasteiger partial charge in [0.25, 0.3) is 0 Å². The maximum Gasteiger partial charge on any atom is 0.146 e. The molecule has 0 unspecified atom stereocenters. The Morgan fingerprint density at radius 1 is 1.35 bits per heavy atom. The SMILES string of the molecule is CCn1ccnc1COc1ccccc1CO. The summed E-state index contributed by atoms with van der Waals surface area (Å²) in [5.41, 5.74) is 0.794. The summed E-state index contributed by atoms with van der Waals surface area (Å²) >= 11 is 0. The molecule has 4 heteroatoms. The predicted octanol–water partition coefficient (Wildman–Crippen LogP) is 1.97. The lowest BCUT2D eigenvalue weighted by Gasteiger charge is -2.10. The molecule has 0 spiro atoms. The molecule has 0 amide bonds. The highest BCUT2D eigenvalue weighted by Crippen LogP contribution is 2.18. The number of hydrogen-bond donors (Lipinski definition) is 1. The molecule has 90 valence electrons. The Kier molecular flexibility index (Phi) is 3.77. The smallest absolute Gasteiger partial charge is 0.146 e. The molecule has 0 bridgehead atoms. The Balaban J connectivity index is 2.07. The second-order valence-corrected chi connectivity index (χ2v) is 3.68. The molecule has 0 radical (unpaired) electrons. The highest BCUT2D eigenvalue weighted by Gasteiger charge is 2.05. The fourth-order valence-electron chi connectivity index (χ4n) is 1.69. The van der Waals surface area contributed by atoms with Crippen LogP contribution >= 0.6 is 0 Å². The number of rotatable bonds is 5. The second-order valence-electron chi connectivity index (χ2n) is 3.68. The van der Waals surface area contributed by atoms with E-state index in [-0.39, 0.29) is 6.61 Å². The van der Waals surface area contributed by atoms with Gasteiger partial charge in [-0.3, -0.25) is 0 Å². The molecular formula is C13H16N2O2. The molecule has 1 aromatic carbocycles. The van der Waals surface area contributed by atoms with Crippen molar-refractivity contribution in [2.45, 2.75) is 26.7 Å². The van der Waals surface area contributed by atoms with E-state index in [1.807, 2.05) is 35.0 Å². The van der Waals surface area contributed by atoms with Crippen LogP contribution in [0, 0.1) is 0 Å². The zero-order valence-electron chi connectivity index (χ0n) is 9.84. The minimum Gasteiger partial charge on any atom is -0.485 e. The molecule has 17 heavy (non-hydrogen) atoms. The number of imidazole rings is 1. The number of aliphatic hydroxyl groups is 1. The molecule has 0 aliphatic rings. The molecule has 1 heterocycles. The van der Waals surface area contributed by atoms with Crippen LogP contribution in [0.5, 0.6) is 5.75 Å². The van der Waals surface area contributed by atoms with Gasteiger partial charge in [0.15, 0.2) is 0 Å². The van der Waals surface area contributed by atoms with Crippen molar-refractivity contribution in [2.75, 3.05) is 0 Å². The number of aryl methyl sites for hydroxylation is 1. The van der Waals surface area contributed by atoms with Gasteiger partial charge < -0.3 is 14.4 Å². The third kappa shape index (κ3) is 2.65. The summed E-state index contributed by atoms with van der Waals surface area (Å²) in [5, 5.41) is 9.18. The van der Waals surface area contributed by atoms with Crippen molar-refractivity contribution >= 4 is 0 Å². The predicted molar refractivity (Wildman–Crippen MR) is 64.6 cm³/mol. The van der Waals surface area contributed by atoms with Crippen molar-refractivity contribution < 1.29 is 9.84 Å². The molecular weight excluding hydrogens is 216 g/mol. The van der Waals surface area contributed by atoms with Gasteiger partial charge in [-0.2, -0.15) is 0 Å². The van der Waals surface area contributed by atoms with E-state index in [1.165, 1.54) is 0 Å². The van der Waals surface area contributed by atoms with Gasteiger partial charge in [-0.25, -0.2) is 4.98 Å². The highest BCUT2D eigenvalue weighted by molar-refractivity contribution is 5.32. The Hall–Kier alpha value is -1.81. The van der Waals surface area contributed by atoms with Crippen molar-refractivity contribution in [1.82, 2.24) is 9.55 Å². The highest BCUT2D eigenvalue weighted by atomic mass is 16.5. The first-order valence-corrected chi connectivity index (χ1v) is 5.66. The van der Waals surface area contributed by atoms with Gasteiger partial charge in [0, 0.05) is 24.5 Å². The van der Waals surface area contributed by atoms with Gasteiger partial charge in [0.05, 0.1) is 6.61 Å². The first-order valence-electron chi connectivity index (χ1n) is 5.66. The third-order valence-corrected chi connectivity index (χ3v) is 2.64. The Morgan fingerprint density at radius 2 is 2.18 bits per heavy atom. The van der Waals surface area contributed by atoms with E-state index in [4.69, 9.17) is 4.74 Å². The van der Waals surface area contributed by atoms with Gasteiger partial charge in [0.2, 0.25) is 0 Å². The first-order chi connectivity index (χ1) is 8.35. The van der Waals surface area contributed by atoms with Crippen LogP contribution in [0.2, 0.25) is 0 Å². The number of aromatic nitrogens is 2. The van der Waals surface area contributed by atoms with Crippen LogP contribution < -0.4 is 4.74 Å². The Labute approximate surface area is 100 Å². The van der Waals surface area contributed by atoms with E-state index in [9.17, 15) is 5.11 Å². The van der Waals surface area contributed by atoms with Gasteiger partial charge >= 0.3 is 0 Å².